The molecule has 2 N–H and O–H groups in total. The van der Waals surface area contributed by atoms with Crippen LogP contribution in [0.3, 0.4) is 0 Å². The van der Waals surface area contributed by atoms with Gasteiger partial charge in [-0.3, -0.25) is 4.90 Å². The molecule has 1 aliphatic rings. The lowest BCUT2D eigenvalue weighted by Gasteiger charge is -2.29. The van der Waals surface area contributed by atoms with E-state index in [4.69, 9.17) is 0 Å². The fourth-order valence-electron chi connectivity index (χ4n) is 2.40. The van der Waals surface area contributed by atoms with Crippen molar-refractivity contribution < 1.29 is 14.7 Å². The summed E-state index contributed by atoms with van der Waals surface area (Å²) < 4.78 is 0. The number of anilines is 1. The van der Waals surface area contributed by atoms with Crippen molar-refractivity contribution in [2.75, 3.05) is 11.4 Å². The maximum atomic E-state index is 12.3. The third kappa shape index (κ3) is 2.76. The van der Waals surface area contributed by atoms with Gasteiger partial charge in [-0.25, -0.2) is 9.59 Å². The summed E-state index contributed by atoms with van der Waals surface area (Å²) in [6.45, 7) is 5.97. The van der Waals surface area contributed by atoms with Crippen LogP contribution in [0.4, 0.5) is 10.5 Å². The van der Waals surface area contributed by atoms with Crippen LogP contribution in [-0.4, -0.2) is 29.7 Å². The molecule has 5 heteroatoms. The Morgan fingerprint density at radius 3 is 2.55 bits per heavy atom. The Morgan fingerprint density at radius 1 is 1.30 bits per heavy atom. The number of aliphatic carboxylic acids is 1. The van der Waals surface area contributed by atoms with E-state index in [0.29, 0.717) is 6.54 Å². The minimum absolute atomic E-state index is 0.350. The van der Waals surface area contributed by atoms with Crippen LogP contribution in [0.15, 0.2) is 24.3 Å². The minimum atomic E-state index is -1.02. The van der Waals surface area contributed by atoms with E-state index < -0.39 is 17.4 Å². The Balaban J connectivity index is 2.15. The van der Waals surface area contributed by atoms with E-state index in [2.05, 4.69) is 5.32 Å². The molecule has 2 amide bonds. The molecule has 0 bridgehead atoms. The van der Waals surface area contributed by atoms with E-state index >= 15 is 0 Å². The Bertz CT molecular complexity index is 534. The number of carboxylic acids is 1. The molecule has 0 fully saturated rings. The number of benzene rings is 1. The largest absolute Gasteiger partial charge is 0.480 e. The summed E-state index contributed by atoms with van der Waals surface area (Å²) in [5.41, 5.74) is 1.44. The molecule has 0 saturated heterocycles. The first-order valence-corrected chi connectivity index (χ1v) is 6.69. The van der Waals surface area contributed by atoms with Gasteiger partial charge in [0.1, 0.15) is 6.04 Å². The van der Waals surface area contributed by atoms with Gasteiger partial charge in [-0.15, -0.1) is 0 Å². The highest BCUT2D eigenvalue weighted by molar-refractivity contribution is 5.96. The summed E-state index contributed by atoms with van der Waals surface area (Å²) in [6, 6.07) is 6.42. The van der Waals surface area contributed by atoms with Crippen molar-refractivity contribution in [3.8, 4) is 0 Å². The third-order valence-electron chi connectivity index (χ3n) is 3.51. The van der Waals surface area contributed by atoms with Crippen molar-refractivity contribution in [1.29, 1.82) is 0 Å². The Hall–Kier alpha value is -2.04. The second kappa shape index (κ2) is 5.15. The number of hydrogen-bond acceptors (Lipinski definition) is 2. The van der Waals surface area contributed by atoms with E-state index in [-0.39, 0.29) is 6.03 Å². The van der Waals surface area contributed by atoms with Crippen molar-refractivity contribution in [3.05, 3.63) is 29.8 Å². The van der Waals surface area contributed by atoms with E-state index in [1.165, 1.54) is 0 Å². The zero-order valence-electron chi connectivity index (χ0n) is 12.0. The maximum absolute atomic E-state index is 12.3. The van der Waals surface area contributed by atoms with Gasteiger partial charge in [0.25, 0.3) is 0 Å². The van der Waals surface area contributed by atoms with Gasteiger partial charge < -0.3 is 10.4 Å². The molecule has 1 heterocycles. The van der Waals surface area contributed by atoms with Crippen LogP contribution in [0.1, 0.15) is 26.3 Å². The number of carboxylic acid groups (broad SMARTS) is 1. The third-order valence-corrected chi connectivity index (χ3v) is 3.51. The number of nitrogens with one attached hydrogen (secondary N) is 1. The van der Waals surface area contributed by atoms with Crippen LogP contribution in [0.25, 0.3) is 0 Å². The molecule has 0 saturated carbocycles. The van der Waals surface area contributed by atoms with Crippen LogP contribution >= 0.6 is 0 Å². The average molecular weight is 276 g/mol. The van der Waals surface area contributed by atoms with Gasteiger partial charge in [-0.2, -0.15) is 0 Å². The highest BCUT2D eigenvalue weighted by Gasteiger charge is 2.35. The van der Waals surface area contributed by atoms with E-state index in [0.717, 1.165) is 17.7 Å². The number of urea groups is 1. The Kier molecular flexibility index (Phi) is 3.70. The molecule has 0 aliphatic carbocycles. The summed E-state index contributed by atoms with van der Waals surface area (Å²) in [6.07, 6.45) is 0.802. The summed E-state index contributed by atoms with van der Waals surface area (Å²) in [4.78, 5) is 25.2. The number of hydrogen-bond donors (Lipinski definition) is 2. The SMILES string of the molecule is CC(C)(C)[C@@H](NC(=O)N1CCc2ccccc21)C(=O)O. The van der Waals surface area contributed by atoms with Gasteiger partial charge in [0.2, 0.25) is 0 Å². The molecule has 1 aromatic carbocycles. The second-order valence-corrected chi connectivity index (χ2v) is 6.12. The Labute approximate surface area is 118 Å². The van der Waals surface area contributed by atoms with Crippen LogP contribution in [0.5, 0.6) is 0 Å². The molecule has 1 atom stereocenters. The summed E-state index contributed by atoms with van der Waals surface area (Å²) in [7, 11) is 0. The standard InChI is InChI=1S/C15H20N2O3/c1-15(2,3)12(13(18)19)16-14(20)17-9-8-10-6-4-5-7-11(10)17/h4-7,12H,8-9H2,1-3H3,(H,16,20)(H,18,19)/t12-/m0/s1. The molecule has 0 unspecified atom stereocenters. The number of nitrogens with zero attached hydrogens (tertiary/aromatic N) is 1. The van der Waals surface area contributed by atoms with E-state index in [9.17, 15) is 14.7 Å². The smallest absolute Gasteiger partial charge is 0.326 e. The first-order chi connectivity index (χ1) is 9.30. The molecule has 0 spiro atoms. The van der Waals surface area contributed by atoms with Gasteiger partial charge in [-0.05, 0) is 23.5 Å². The van der Waals surface area contributed by atoms with E-state index in [1.54, 1.807) is 25.7 Å². The second-order valence-electron chi connectivity index (χ2n) is 6.12. The summed E-state index contributed by atoms with van der Waals surface area (Å²) in [5.74, 6) is -1.02. The predicted molar refractivity (Wildman–Crippen MR) is 76.9 cm³/mol. The lowest BCUT2D eigenvalue weighted by atomic mass is 9.87. The number of para-hydroxylation sites is 1. The lowest BCUT2D eigenvalue weighted by Crippen LogP contribution is -2.53. The van der Waals surface area contributed by atoms with Crippen LogP contribution in [0, 0.1) is 5.41 Å². The molecule has 1 aromatic rings. The molecule has 20 heavy (non-hydrogen) atoms. The summed E-state index contributed by atoms with van der Waals surface area (Å²) >= 11 is 0. The highest BCUT2D eigenvalue weighted by atomic mass is 16.4. The first kappa shape index (κ1) is 14.4. The fraction of sp³-hybridized carbons (Fsp3) is 0.467. The molecule has 108 valence electrons. The molecular weight excluding hydrogens is 256 g/mol. The number of fused-ring (bicyclic) bond motifs is 1. The number of carbonyl (C=O) groups excluding carboxylic acids is 1. The van der Waals surface area contributed by atoms with Crippen molar-refractivity contribution in [2.45, 2.75) is 33.2 Å². The molecule has 5 nitrogen and oxygen atoms in total. The molecule has 0 radical (unpaired) electrons. The van der Waals surface area contributed by atoms with Gasteiger partial charge in [-0.1, -0.05) is 39.0 Å². The van der Waals surface area contributed by atoms with Crippen molar-refractivity contribution in [2.24, 2.45) is 5.41 Å². The van der Waals surface area contributed by atoms with Crippen molar-refractivity contribution >= 4 is 17.7 Å². The summed E-state index contributed by atoms with van der Waals surface area (Å²) in [5, 5.41) is 11.9. The monoisotopic (exact) mass is 276 g/mol. The molecule has 0 aromatic heterocycles. The molecule has 1 aliphatic heterocycles. The van der Waals surface area contributed by atoms with Gasteiger partial charge in [0.05, 0.1) is 0 Å². The van der Waals surface area contributed by atoms with E-state index in [1.807, 2.05) is 24.3 Å². The van der Waals surface area contributed by atoms with Gasteiger partial charge in [0.15, 0.2) is 0 Å². The number of carbonyl (C=O) groups is 2. The molecule has 2 rings (SSSR count). The lowest BCUT2D eigenvalue weighted by molar-refractivity contribution is -0.141. The van der Waals surface area contributed by atoms with Gasteiger partial charge in [0, 0.05) is 12.2 Å². The van der Waals surface area contributed by atoms with Crippen molar-refractivity contribution in [1.82, 2.24) is 5.32 Å². The zero-order valence-corrected chi connectivity index (χ0v) is 12.0. The Morgan fingerprint density at radius 2 is 1.95 bits per heavy atom. The normalized spacial score (nSPS) is 15.7. The number of amides is 2. The zero-order chi connectivity index (χ0) is 14.9. The minimum Gasteiger partial charge on any atom is -0.480 e. The molecular formula is C15H20N2O3. The predicted octanol–water partition coefficient (Wildman–Crippen LogP) is 2.26. The average Bonchev–Trinajstić information content (AvgIpc) is 2.77. The maximum Gasteiger partial charge on any atom is 0.326 e. The topological polar surface area (TPSA) is 69.6 Å². The van der Waals surface area contributed by atoms with Crippen LogP contribution in [-0.2, 0) is 11.2 Å². The first-order valence-electron chi connectivity index (χ1n) is 6.69. The highest BCUT2D eigenvalue weighted by Crippen LogP contribution is 2.28. The van der Waals surface area contributed by atoms with Crippen LogP contribution < -0.4 is 10.2 Å². The van der Waals surface area contributed by atoms with Crippen LogP contribution in [0.2, 0.25) is 0 Å². The number of rotatable bonds is 2. The van der Waals surface area contributed by atoms with Gasteiger partial charge >= 0.3 is 12.0 Å². The van der Waals surface area contributed by atoms with Crippen molar-refractivity contribution in [3.63, 3.8) is 0 Å². The quantitative estimate of drug-likeness (QED) is 0.870. The fourth-order valence-corrected chi connectivity index (χ4v) is 2.40.